The predicted octanol–water partition coefficient (Wildman–Crippen LogP) is 5.84. The van der Waals surface area contributed by atoms with E-state index in [1.807, 2.05) is 0 Å². The number of amides is 2. The number of furan rings is 1. The number of ketones is 2. The molecule has 3 aromatic rings. The van der Waals surface area contributed by atoms with Crippen molar-refractivity contribution in [3.05, 3.63) is 47.5 Å². The maximum Gasteiger partial charge on any atom is 0.411 e. The van der Waals surface area contributed by atoms with Gasteiger partial charge in [-0.3, -0.25) is 19.4 Å². The number of benzene rings is 2. The van der Waals surface area contributed by atoms with Crippen LogP contribution in [0.3, 0.4) is 0 Å². The number of hydrogen-bond acceptors (Lipinski definition) is 11. The van der Waals surface area contributed by atoms with Gasteiger partial charge in [0.25, 0.3) is 0 Å². The van der Waals surface area contributed by atoms with Crippen LogP contribution < -0.4 is 0 Å². The molecule has 0 saturated carbocycles. The van der Waals surface area contributed by atoms with E-state index >= 15 is 0 Å². The molecule has 2 amide bonds. The number of carbonyl (C=O) groups excluding carboxylic acids is 6. The highest BCUT2D eigenvalue weighted by Gasteiger charge is 2.39. The van der Waals surface area contributed by atoms with Crippen LogP contribution in [-0.4, -0.2) is 95.1 Å². The van der Waals surface area contributed by atoms with Crippen molar-refractivity contribution in [1.29, 1.82) is 0 Å². The Bertz CT molecular complexity index is 1670. The van der Waals surface area contributed by atoms with Gasteiger partial charge in [-0.15, -0.1) is 0 Å². The zero-order valence-electron chi connectivity index (χ0n) is 28.7. The SMILES string of the molecule is CC(C)(C)OC(=O)N1CCC[C@H]1C(=O)OCC(=O)c1ccc2c(c1)oc1cc(C(=O)COC(=O)[C@@H]3CCCN3C(=O)OC(C)(C)C)ccc12. The standard InChI is InChI=1S/C36H42N2O11/c1-35(2,3)48-33(43)37-15-7-9-25(37)31(41)45-19-27(39)21-11-13-23-24-14-12-22(18-30(24)47-29(23)17-21)28(40)20-46-32(42)26-10-8-16-38(26)34(44)49-36(4,5)6/h11-14,17-18,25-26H,7-10,15-16,19-20H2,1-6H3/t25-,26-/m0/s1. The molecule has 2 atom stereocenters. The molecule has 2 fully saturated rings. The Morgan fingerprint density at radius 1 is 0.653 bits per heavy atom. The van der Waals surface area contributed by atoms with E-state index in [2.05, 4.69) is 0 Å². The van der Waals surface area contributed by atoms with Crippen LogP contribution in [0.25, 0.3) is 21.9 Å². The third-order valence-electron chi connectivity index (χ3n) is 8.11. The topological polar surface area (TPSA) is 159 Å². The molecule has 2 aromatic carbocycles. The van der Waals surface area contributed by atoms with Crippen molar-refractivity contribution in [3.63, 3.8) is 0 Å². The Balaban J connectivity index is 1.19. The number of fused-ring (bicyclic) bond motifs is 3. The minimum absolute atomic E-state index is 0.255. The van der Waals surface area contributed by atoms with Gasteiger partial charge in [0.1, 0.15) is 34.5 Å². The van der Waals surface area contributed by atoms with Crippen molar-refractivity contribution < 1.29 is 52.1 Å². The molecule has 3 heterocycles. The zero-order valence-corrected chi connectivity index (χ0v) is 28.7. The molecule has 0 radical (unpaired) electrons. The maximum absolute atomic E-state index is 13.0. The van der Waals surface area contributed by atoms with Crippen LogP contribution in [0, 0.1) is 0 Å². The number of hydrogen-bond donors (Lipinski definition) is 0. The van der Waals surface area contributed by atoms with Crippen LogP contribution in [0.5, 0.6) is 0 Å². The van der Waals surface area contributed by atoms with E-state index in [0.29, 0.717) is 60.7 Å². The Hall–Kier alpha value is -4.94. The number of rotatable bonds is 8. The molecule has 0 N–H and O–H groups in total. The highest BCUT2D eigenvalue weighted by Crippen LogP contribution is 2.31. The maximum atomic E-state index is 13.0. The lowest BCUT2D eigenvalue weighted by molar-refractivity contribution is -0.148. The Morgan fingerprint density at radius 3 is 1.41 bits per heavy atom. The number of Topliss-reactive ketones (excluding diaryl/α,β-unsaturated/α-hetero) is 2. The smallest absolute Gasteiger partial charge is 0.411 e. The monoisotopic (exact) mass is 678 g/mol. The van der Waals surface area contributed by atoms with Gasteiger partial charge in [0.2, 0.25) is 0 Å². The molecule has 13 nitrogen and oxygen atoms in total. The molecule has 13 heteroatoms. The minimum Gasteiger partial charge on any atom is -0.456 e. The van der Waals surface area contributed by atoms with E-state index in [0.717, 1.165) is 0 Å². The third-order valence-corrected chi connectivity index (χ3v) is 8.11. The highest BCUT2D eigenvalue weighted by atomic mass is 16.6. The van der Waals surface area contributed by atoms with E-state index in [1.54, 1.807) is 65.8 Å². The lowest BCUT2D eigenvalue weighted by Gasteiger charge is -2.27. The summed E-state index contributed by atoms with van der Waals surface area (Å²) in [4.78, 5) is 79.3. The van der Waals surface area contributed by atoms with E-state index in [-0.39, 0.29) is 11.1 Å². The molecule has 2 aliphatic rings. The van der Waals surface area contributed by atoms with Crippen LogP contribution in [0.1, 0.15) is 87.9 Å². The minimum atomic E-state index is -0.824. The van der Waals surface area contributed by atoms with E-state index in [4.69, 9.17) is 23.4 Å². The molecule has 0 bridgehead atoms. The first-order valence-electron chi connectivity index (χ1n) is 16.4. The molecule has 0 spiro atoms. The van der Waals surface area contributed by atoms with E-state index < -0.39 is 72.2 Å². The average Bonchev–Trinajstić information content (AvgIpc) is 3.78. The summed E-state index contributed by atoms with van der Waals surface area (Å²) in [5.74, 6) is -2.26. The number of ether oxygens (including phenoxy) is 4. The fourth-order valence-corrected chi connectivity index (χ4v) is 5.86. The fourth-order valence-electron chi connectivity index (χ4n) is 5.86. The lowest BCUT2D eigenvalue weighted by Crippen LogP contribution is -2.44. The number of likely N-dealkylation sites (tertiary alicyclic amines) is 2. The van der Waals surface area contributed by atoms with E-state index in [9.17, 15) is 28.8 Å². The average molecular weight is 679 g/mol. The number of carbonyl (C=O) groups is 6. The largest absolute Gasteiger partial charge is 0.456 e. The fraction of sp³-hybridized carbons (Fsp3) is 0.500. The summed E-state index contributed by atoms with van der Waals surface area (Å²) in [5, 5.41) is 1.41. The Morgan fingerprint density at radius 2 is 1.04 bits per heavy atom. The number of nitrogens with zero attached hydrogens (tertiary/aromatic N) is 2. The van der Waals surface area contributed by atoms with Crippen molar-refractivity contribution >= 4 is 57.6 Å². The normalized spacial score (nSPS) is 18.1. The summed E-state index contributed by atoms with van der Waals surface area (Å²) in [6.45, 7) is 10.1. The lowest BCUT2D eigenvalue weighted by atomic mass is 10.1. The first kappa shape index (κ1) is 35.4. The first-order chi connectivity index (χ1) is 23.0. The van der Waals surface area contributed by atoms with Crippen molar-refractivity contribution in [3.8, 4) is 0 Å². The quantitative estimate of drug-likeness (QED) is 0.160. The van der Waals surface area contributed by atoms with Crippen LogP contribution in [-0.2, 0) is 28.5 Å². The van der Waals surface area contributed by atoms with Crippen LogP contribution >= 0.6 is 0 Å². The van der Waals surface area contributed by atoms with Crippen molar-refractivity contribution in [1.82, 2.24) is 9.80 Å². The summed E-state index contributed by atoms with van der Waals surface area (Å²) in [7, 11) is 0. The van der Waals surface area contributed by atoms with Gasteiger partial charge >= 0.3 is 24.1 Å². The van der Waals surface area contributed by atoms with Gasteiger partial charge in [-0.05, 0) is 91.5 Å². The van der Waals surface area contributed by atoms with Gasteiger partial charge in [-0.2, -0.15) is 0 Å². The van der Waals surface area contributed by atoms with Gasteiger partial charge in [-0.1, -0.05) is 12.1 Å². The molecule has 2 saturated heterocycles. The summed E-state index contributed by atoms with van der Waals surface area (Å²) in [6.07, 6.45) is 0.853. The second-order valence-electron chi connectivity index (χ2n) is 14.2. The van der Waals surface area contributed by atoms with Gasteiger partial charge in [-0.25, -0.2) is 19.2 Å². The predicted molar refractivity (Wildman–Crippen MR) is 176 cm³/mol. The molecule has 0 unspecified atom stereocenters. The van der Waals surface area contributed by atoms with Crippen LogP contribution in [0.4, 0.5) is 9.59 Å². The second kappa shape index (κ2) is 13.9. The molecule has 262 valence electrons. The third kappa shape index (κ3) is 8.38. The second-order valence-corrected chi connectivity index (χ2v) is 14.2. The first-order valence-corrected chi connectivity index (χ1v) is 16.4. The van der Waals surface area contributed by atoms with Crippen molar-refractivity contribution in [2.75, 3.05) is 26.3 Å². The summed E-state index contributed by atoms with van der Waals surface area (Å²) in [5.41, 5.74) is -0.142. The van der Waals surface area contributed by atoms with Gasteiger partial charge in [0.15, 0.2) is 24.8 Å². The van der Waals surface area contributed by atoms with E-state index in [1.165, 1.54) is 21.9 Å². The van der Waals surface area contributed by atoms with Crippen LogP contribution in [0.2, 0.25) is 0 Å². The zero-order chi connectivity index (χ0) is 35.7. The molecule has 5 rings (SSSR count). The number of esters is 2. The summed E-state index contributed by atoms with van der Waals surface area (Å²) < 4.78 is 27.4. The molecular weight excluding hydrogens is 636 g/mol. The van der Waals surface area contributed by atoms with Crippen LogP contribution in [0.15, 0.2) is 40.8 Å². The molecule has 1 aromatic heterocycles. The Labute approximate surface area is 283 Å². The molecule has 49 heavy (non-hydrogen) atoms. The van der Waals surface area contributed by atoms with Crippen molar-refractivity contribution in [2.24, 2.45) is 0 Å². The molecular formula is C36H42N2O11. The van der Waals surface area contributed by atoms with Gasteiger partial charge in [0.05, 0.1) is 0 Å². The summed E-state index contributed by atoms with van der Waals surface area (Å²) >= 11 is 0. The van der Waals surface area contributed by atoms with Gasteiger partial charge < -0.3 is 23.4 Å². The molecule has 0 aliphatic carbocycles. The highest BCUT2D eigenvalue weighted by molar-refractivity contribution is 6.10. The van der Waals surface area contributed by atoms with Gasteiger partial charge in [0, 0.05) is 35.0 Å². The summed E-state index contributed by atoms with van der Waals surface area (Å²) in [6, 6.07) is 8.03. The van der Waals surface area contributed by atoms with Crippen molar-refractivity contribution in [2.45, 2.75) is 90.5 Å². The Kier molecular flexibility index (Phi) is 10.0. The molecule has 2 aliphatic heterocycles.